The number of hydrogen-bond donors (Lipinski definition) is 1. The quantitative estimate of drug-likeness (QED) is 0.787. The van der Waals surface area contributed by atoms with Crippen molar-refractivity contribution in [3.05, 3.63) is 48.3 Å². The predicted octanol–water partition coefficient (Wildman–Crippen LogP) is 2.38. The van der Waals surface area contributed by atoms with Gasteiger partial charge in [-0.3, -0.25) is 4.68 Å². The summed E-state index contributed by atoms with van der Waals surface area (Å²) in [5.41, 5.74) is 7.44. The first-order valence-electron chi connectivity index (χ1n) is 6.54. The molecule has 3 rings (SSSR count). The molecule has 3 aromatic rings. The van der Waals surface area contributed by atoms with Crippen LogP contribution in [0.25, 0.3) is 10.9 Å². The molecule has 0 aliphatic rings. The highest BCUT2D eigenvalue weighted by Crippen LogP contribution is 2.17. The van der Waals surface area contributed by atoms with Gasteiger partial charge in [0.2, 0.25) is 0 Å². The maximum absolute atomic E-state index is 8.90. The lowest BCUT2D eigenvalue weighted by Gasteiger charge is -2.06. The molecule has 0 saturated carbocycles. The maximum atomic E-state index is 8.90. The lowest BCUT2D eigenvalue weighted by molar-refractivity contribution is 0.535. The van der Waals surface area contributed by atoms with Crippen LogP contribution in [-0.2, 0) is 13.1 Å². The number of aromatic nitrogens is 3. The third-order valence-corrected chi connectivity index (χ3v) is 3.35. The first-order valence-corrected chi connectivity index (χ1v) is 6.54. The van der Waals surface area contributed by atoms with E-state index in [0.717, 1.165) is 30.4 Å². The molecule has 0 aliphatic carbocycles. The standard InChI is InChI=1S/C15H15N5/c16-11-12-2-3-14-13(10-12)4-8-19(14)6-1-7-20-9-5-15(17)18-20/h2-5,8-10H,1,6-7H2,(H2,17,18). The van der Waals surface area contributed by atoms with Gasteiger partial charge in [-0.05, 0) is 36.8 Å². The molecule has 0 atom stereocenters. The first kappa shape index (κ1) is 12.3. The molecule has 5 heteroatoms. The Kier molecular flexibility index (Phi) is 3.13. The van der Waals surface area contributed by atoms with Crippen molar-refractivity contribution < 1.29 is 0 Å². The zero-order valence-electron chi connectivity index (χ0n) is 11.0. The fourth-order valence-electron chi connectivity index (χ4n) is 2.37. The van der Waals surface area contributed by atoms with Crippen LogP contribution in [0.2, 0.25) is 0 Å². The van der Waals surface area contributed by atoms with Gasteiger partial charge in [0.05, 0.1) is 11.6 Å². The number of fused-ring (bicyclic) bond motifs is 1. The Morgan fingerprint density at radius 2 is 2.05 bits per heavy atom. The molecule has 0 radical (unpaired) electrons. The van der Waals surface area contributed by atoms with Gasteiger partial charge in [-0.2, -0.15) is 10.4 Å². The Bertz CT molecular complexity index is 775. The number of nitrogens with zero attached hydrogens (tertiary/aromatic N) is 4. The Hall–Kier alpha value is -2.74. The van der Waals surface area contributed by atoms with Gasteiger partial charge in [-0.25, -0.2) is 0 Å². The van der Waals surface area contributed by atoms with Gasteiger partial charge in [0.15, 0.2) is 0 Å². The molecule has 2 heterocycles. The van der Waals surface area contributed by atoms with E-state index >= 15 is 0 Å². The third kappa shape index (κ3) is 2.36. The molecular weight excluding hydrogens is 250 g/mol. The van der Waals surface area contributed by atoms with E-state index in [-0.39, 0.29) is 0 Å². The molecule has 0 aliphatic heterocycles. The van der Waals surface area contributed by atoms with Crippen LogP contribution < -0.4 is 5.73 Å². The van der Waals surface area contributed by atoms with Gasteiger partial charge < -0.3 is 10.3 Å². The lowest BCUT2D eigenvalue weighted by atomic mass is 10.2. The molecular formula is C15H15N5. The number of aryl methyl sites for hydroxylation is 2. The van der Waals surface area contributed by atoms with E-state index in [1.54, 1.807) is 6.07 Å². The van der Waals surface area contributed by atoms with Crippen LogP contribution >= 0.6 is 0 Å². The second-order valence-electron chi connectivity index (χ2n) is 4.75. The average molecular weight is 265 g/mol. The Morgan fingerprint density at radius 3 is 2.80 bits per heavy atom. The summed E-state index contributed by atoms with van der Waals surface area (Å²) in [7, 11) is 0. The number of rotatable bonds is 4. The molecule has 100 valence electrons. The minimum absolute atomic E-state index is 0.556. The van der Waals surface area contributed by atoms with Crippen molar-refractivity contribution in [2.24, 2.45) is 0 Å². The molecule has 0 bridgehead atoms. The van der Waals surface area contributed by atoms with Crippen LogP contribution in [-0.4, -0.2) is 14.3 Å². The Balaban J connectivity index is 1.70. The second kappa shape index (κ2) is 5.10. The second-order valence-corrected chi connectivity index (χ2v) is 4.75. The van der Waals surface area contributed by atoms with E-state index in [4.69, 9.17) is 11.0 Å². The van der Waals surface area contributed by atoms with E-state index < -0.39 is 0 Å². The van der Waals surface area contributed by atoms with Crippen LogP contribution in [0.3, 0.4) is 0 Å². The summed E-state index contributed by atoms with van der Waals surface area (Å²) in [6.45, 7) is 1.75. The first-order chi connectivity index (χ1) is 9.76. The van der Waals surface area contributed by atoms with Crippen molar-refractivity contribution in [1.29, 1.82) is 5.26 Å². The monoisotopic (exact) mass is 265 g/mol. The van der Waals surface area contributed by atoms with Crippen LogP contribution in [0.1, 0.15) is 12.0 Å². The molecule has 5 nitrogen and oxygen atoms in total. The molecule has 2 aromatic heterocycles. The van der Waals surface area contributed by atoms with Crippen molar-refractivity contribution in [2.45, 2.75) is 19.5 Å². The Morgan fingerprint density at radius 1 is 1.15 bits per heavy atom. The number of nitriles is 1. The summed E-state index contributed by atoms with van der Waals surface area (Å²) in [4.78, 5) is 0. The molecule has 1 aromatic carbocycles. The largest absolute Gasteiger partial charge is 0.382 e. The molecule has 0 spiro atoms. The van der Waals surface area contributed by atoms with Gasteiger partial charge in [0.1, 0.15) is 5.82 Å². The average Bonchev–Trinajstić information content (AvgIpc) is 3.05. The van der Waals surface area contributed by atoms with E-state index in [9.17, 15) is 0 Å². The van der Waals surface area contributed by atoms with Crippen LogP contribution in [0.4, 0.5) is 5.82 Å². The van der Waals surface area contributed by atoms with Gasteiger partial charge >= 0.3 is 0 Å². The number of benzene rings is 1. The Labute approximate surface area is 116 Å². The van der Waals surface area contributed by atoms with Crippen LogP contribution in [0.15, 0.2) is 42.7 Å². The van der Waals surface area contributed by atoms with E-state index in [2.05, 4.69) is 21.9 Å². The molecule has 0 unspecified atom stereocenters. The van der Waals surface area contributed by atoms with Crippen molar-refractivity contribution >= 4 is 16.7 Å². The summed E-state index contributed by atoms with van der Waals surface area (Å²) in [5, 5.41) is 14.2. The number of nitrogen functional groups attached to an aromatic ring is 1. The normalized spacial score (nSPS) is 10.8. The summed E-state index contributed by atoms with van der Waals surface area (Å²) in [6.07, 6.45) is 4.93. The van der Waals surface area contributed by atoms with E-state index in [1.165, 1.54) is 0 Å². The number of nitrogens with two attached hydrogens (primary N) is 1. The summed E-state index contributed by atoms with van der Waals surface area (Å²) >= 11 is 0. The summed E-state index contributed by atoms with van der Waals surface area (Å²) < 4.78 is 4.05. The van der Waals surface area contributed by atoms with Crippen molar-refractivity contribution in [3.63, 3.8) is 0 Å². The minimum atomic E-state index is 0.556. The van der Waals surface area contributed by atoms with Crippen LogP contribution in [0, 0.1) is 11.3 Å². The third-order valence-electron chi connectivity index (χ3n) is 3.35. The molecule has 20 heavy (non-hydrogen) atoms. The van der Waals surface area contributed by atoms with E-state index in [0.29, 0.717) is 11.4 Å². The zero-order valence-corrected chi connectivity index (χ0v) is 11.0. The molecule has 0 saturated heterocycles. The predicted molar refractivity (Wildman–Crippen MR) is 77.9 cm³/mol. The maximum Gasteiger partial charge on any atom is 0.145 e. The molecule has 0 amide bonds. The van der Waals surface area contributed by atoms with E-state index in [1.807, 2.05) is 35.1 Å². The summed E-state index contributed by atoms with van der Waals surface area (Å²) in [6, 6.07) is 11.8. The minimum Gasteiger partial charge on any atom is -0.382 e. The highest BCUT2D eigenvalue weighted by Gasteiger charge is 2.02. The number of anilines is 1. The van der Waals surface area contributed by atoms with Crippen molar-refractivity contribution in [3.8, 4) is 6.07 Å². The summed E-state index contributed by atoms with van der Waals surface area (Å²) in [5.74, 6) is 0.556. The van der Waals surface area contributed by atoms with Gasteiger partial charge in [0, 0.05) is 36.4 Å². The fourth-order valence-corrected chi connectivity index (χ4v) is 2.37. The number of hydrogen-bond acceptors (Lipinski definition) is 3. The van der Waals surface area contributed by atoms with Gasteiger partial charge in [-0.1, -0.05) is 0 Å². The molecule has 0 fully saturated rings. The smallest absolute Gasteiger partial charge is 0.145 e. The van der Waals surface area contributed by atoms with Crippen LogP contribution in [0.5, 0.6) is 0 Å². The molecule has 2 N–H and O–H groups in total. The SMILES string of the molecule is N#Cc1ccc2c(ccn2CCCn2ccc(N)n2)c1. The topological polar surface area (TPSA) is 72.6 Å². The lowest BCUT2D eigenvalue weighted by Crippen LogP contribution is -2.04. The fraction of sp³-hybridized carbons (Fsp3) is 0.200. The van der Waals surface area contributed by atoms with Crippen molar-refractivity contribution in [1.82, 2.24) is 14.3 Å². The van der Waals surface area contributed by atoms with Gasteiger partial charge in [0.25, 0.3) is 0 Å². The highest BCUT2D eigenvalue weighted by atomic mass is 15.3. The van der Waals surface area contributed by atoms with Gasteiger partial charge in [-0.15, -0.1) is 0 Å². The van der Waals surface area contributed by atoms with Crippen molar-refractivity contribution in [2.75, 3.05) is 5.73 Å². The highest BCUT2D eigenvalue weighted by molar-refractivity contribution is 5.81. The zero-order chi connectivity index (χ0) is 13.9.